The Balaban J connectivity index is 2.94. The number of aromatic nitrogens is 1. The molecular formula is C20H24N2. The van der Waals surface area contributed by atoms with E-state index in [0.29, 0.717) is 0 Å². The molecule has 114 valence electrons. The van der Waals surface area contributed by atoms with Crippen LogP contribution in [0.1, 0.15) is 19.4 Å². The average Bonchev–Trinajstić information content (AvgIpc) is 2.46. The highest BCUT2D eigenvalue weighted by Crippen LogP contribution is 2.18. The van der Waals surface area contributed by atoms with Gasteiger partial charge in [0, 0.05) is 11.9 Å². The number of pyridine rings is 1. The molecule has 0 saturated carbocycles. The molecule has 2 heteroatoms. The van der Waals surface area contributed by atoms with E-state index in [0.717, 1.165) is 33.8 Å². The summed E-state index contributed by atoms with van der Waals surface area (Å²) in [5.41, 5.74) is 4.96. The van der Waals surface area contributed by atoms with Crippen LogP contribution in [0.4, 0.5) is 5.82 Å². The molecule has 1 N–H and O–H groups in total. The standard InChI is InChI=1S/C20H24N2/c1-7-9-18(8-2)19(15(3)4)11-10-17(6)22-20-14-16(5)12-13-21-20/h7-14H,2-3,6H2,1,4-5H3,(H,21,22)/b9-7-,11-10-,19-18-. The van der Waals surface area contributed by atoms with Crippen LogP contribution in [-0.4, -0.2) is 4.98 Å². The highest BCUT2D eigenvalue weighted by molar-refractivity contribution is 5.52. The lowest BCUT2D eigenvalue weighted by Crippen LogP contribution is -1.98. The lowest BCUT2D eigenvalue weighted by molar-refractivity contribution is 1.26. The van der Waals surface area contributed by atoms with E-state index in [1.807, 2.05) is 63.3 Å². The van der Waals surface area contributed by atoms with Gasteiger partial charge in [0.25, 0.3) is 0 Å². The molecule has 0 spiro atoms. The normalized spacial score (nSPS) is 12.3. The molecule has 0 atom stereocenters. The van der Waals surface area contributed by atoms with Crippen LogP contribution in [0.3, 0.4) is 0 Å². The van der Waals surface area contributed by atoms with Gasteiger partial charge in [-0.25, -0.2) is 4.98 Å². The maximum atomic E-state index is 4.26. The fourth-order valence-corrected chi connectivity index (χ4v) is 1.93. The zero-order valence-corrected chi connectivity index (χ0v) is 13.7. The summed E-state index contributed by atoms with van der Waals surface area (Å²) < 4.78 is 0. The molecule has 0 saturated heterocycles. The predicted octanol–water partition coefficient (Wildman–Crippen LogP) is 5.51. The van der Waals surface area contributed by atoms with Gasteiger partial charge in [-0.15, -0.1) is 0 Å². The van der Waals surface area contributed by atoms with E-state index in [1.54, 1.807) is 6.20 Å². The molecule has 1 rings (SSSR count). The highest BCUT2D eigenvalue weighted by Gasteiger charge is 2.00. The summed E-state index contributed by atoms with van der Waals surface area (Å²) >= 11 is 0. The molecule has 0 fully saturated rings. The number of anilines is 1. The molecule has 0 aliphatic carbocycles. The van der Waals surface area contributed by atoms with Gasteiger partial charge in [0.2, 0.25) is 0 Å². The van der Waals surface area contributed by atoms with Crippen molar-refractivity contribution in [2.75, 3.05) is 5.32 Å². The second-order valence-corrected chi connectivity index (χ2v) is 5.06. The van der Waals surface area contributed by atoms with Crippen LogP contribution in [0, 0.1) is 6.92 Å². The Labute approximate surface area is 134 Å². The predicted molar refractivity (Wildman–Crippen MR) is 97.7 cm³/mol. The third-order valence-electron chi connectivity index (χ3n) is 2.99. The Morgan fingerprint density at radius 2 is 1.95 bits per heavy atom. The molecular weight excluding hydrogens is 268 g/mol. The van der Waals surface area contributed by atoms with Gasteiger partial charge in [-0.3, -0.25) is 0 Å². The second-order valence-electron chi connectivity index (χ2n) is 5.06. The summed E-state index contributed by atoms with van der Waals surface area (Å²) in [4.78, 5) is 4.26. The maximum Gasteiger partial charge on any atom is 0.130 e. The van der Waals surface area contributed by atoms with E-state index in [4.69, 9.17) is 0 Å². The summed E-state index contributed by atoms with van der Waals surface area (Å²) in [5, 5.41) is 3.18. The minimum absolute atomic E-state index is 0.765. The zero-order valence-electron chi connectivity index (χ0n) is 13.7. The molecule has 0 aliphatic rings. The molecule has 0 bridgehead atoms. The fourth-order valence-electron chi connectivity index (χ4n) is 1.93. The maximum absolute atomic E-state index is 4.26. The largest absolute Gasteiger partial charge is 0.341 e. The van der Waals surface area contributed by atoms with Gasteiger partial charge in [-0.05, 0) is 55.7 Å². The number of nitrogens with one attached hydrogen (secondary N) is 1. The topological polar surface area (TPSA) is 24.9 Å². The second kappa shape index (κ2) is 8.63. The zero-order chi connectivity index (χ0) is 16.5. The van der Waals surface area contributed by atoms with Crippen molar-refractivity contribution >= 4 is 5.82 Å². The Hall–Kier alpha value is -2.61. The number of rotatable bonds is 7. The summed E-state index contributed by atoms with van der Waals surface area (Å²) in [5.74, 6) is 0.785. The van der Waals surface area contributed by atoms with Crippen molar-refractivity contribution in [3.63, 3.8) is 0 Å². The molecule has 0 aromatic carbocycles. The van der Waals surface area contributed by atoms with Crippen LogP contribution < -0.4 is 5.32 Å². The monoisotopic (exact) mass is 292 g/mol. The molecule has 1 heterocycles. The van der Waals surface area contributed by atoms with Crippen LogP contribution in [-0.2, 0) is 0 Å². The third-order valence-corrected chi connectivity index (χ3v) is 2.99. The number of allylic oxidation sites excluding steroid dienone is 8. The molecule has 1 aromatic rings. The van der Waals surface area contributed by atoms with E-state index in [2.05, 4.69) is 30.0 Å². The number of nitrogens with zero attached hydrogens (tertiary/aromatic N) is 1. The van der Waals surface area contributed by atoms with Gasteiger partial charge in [0.1, 0.15) is 5.82 Å². The van der Waals surface area contributed by atoms with Gasteiger partial charge in [-0.2, -0.15) is 0 Å². The van der Waals surface area contributed by atoms with Crippen LogP contribution >= 0.6 is 0 Å². The van der Waals surface area contributed by atoms with Crippen LogP contribution in [0.2, 0.25) is 0 Å². The Bertz CT molecular complexity index is 658. The van der Waals surface area contributed by atoms with Gasteiger partial charge in [-0.1, -0.05) is 49.6 Å². The average molecular weight is 292 g/mol. The quantitative estimate of drug-likeness (QED) is 0.670. The first kappa shape index (κ1) is 17.4. The van der Waals surface area contributed by atoms with Gasteiger partial charge in [0.05, 0.1) is 0 Å². The Morgan fingerprint density at radius 3 is 2.50 bits per heavy atom. The van der Waals surface area contributed by atoms with Crippen molar-refractivity contribution < 1.29 is 0 Å². The molecule has 0 radical (unpaired) electrons. The van der Waals surface area contributed by atoms with E-state index in [-0.39, 0.29) is 0 Å². The molecule has 0 amide bonds. The minimum atomic E-state index is 0.765. The van der Waals surface area contributed by atoms with Crippen molar-refractivity contribution in [3.05, 3.63) is 96.4 Å². The van der Waals surface area contributed by atoms with Crippen molar-refractivity contribution in [3.8, 4) is 0 Å². The van der Waals surface area contributed by atoms with Gasteiger partial charge < -0.3 is 5.32 Å². The lowest BCUT2D eigenvalue weighted by Gasteiger charge is -2.08. The van der Waals surface area contributed by atoms with Crippen molar-refractivity contribution in [2.45, 2.75) is 20.8 Å². The van der Waals surface area contributed by atoms with Gasteiger partial charge >= 0.3 is 0 Å². The summed E-state index contributed by atoms with van der Waals surface area (Å²) in [7, 11) is 0. The summed E-state index contributed by atoms with van der Waals surface area (Å²) in [6.07, 6.45) is 11.5. The Kier molecular flexibility index (Phi) is 6.84. The Morgan fingerprint density at radius 1 is 1.23 bits per heavy atom. The molecule has 0 unspecified atom stereocenters. The lowest BCUT2D eigenvalue weighted by atomic mass is 10.0. The van der Waals surface area contributed by atoms with E-state index in [9.17, 15) is 0 Å². The van der Waals surface area contributed by atoms with E-state index in [1.165, 1.54) is 0 Å². The first-order valence-corrected chi connectivity index (χ1v) is 7.20. The fraction of sp³-hybridized carbons (Fsp3) is 0.150. The molecule has 1 aromatic heterocycles. The van der Waals surface area contributed by atoms with Crippen molar-refractivity contribution in [1.29, 1.82) is 0 Å². The van der Waals surface area contributed by atoms with Crippen molar-refractivity contribution in [1.82, 2.24) is 4.98 Å². The van der Waals surface area contributed by atoms with Crippen molar-refractivity contribution in [2.24, 2.45) is 0 Å². The smallest absolute Gasteiger partial charge is 0.130 e. The third kappa shape index (κ3) is 5.41. The first-order chi connectivity index (χ1) is 10.5. The molecule has 2 nitrogen and oxygen atoms in total. The van der Waals surface area contributed by atoms with Gasteiger partial charge in [0.15, 0.2) is 0 Å². The number of hydrogen-bond donors (Lipinski definition) is 1. The molecule has 0 aliphatic heterocycles. The molecule has 22 heavy (non-hydrogen) atoms. The minimum Gasteiger partial charge on any atom is -0.341 e. The van der Waals surface area contributed by atoms with E-state index >= 15 is 0 Å². The van der Waals surface area contributed by atoms with Crippen LogP contribution in [0.5, 0.6) is 0 Å². The van der Waals surface area contributed by atoms with E-state index < -0.39 is 0 Å². The number of aryl methyl sites for hydroxylation is 1. The number of hydrogen-bond acceptors (Lipinski definition) is 2. The van der Waals surface area contributed by atoms with Crippen LogP contribution in [0.25, 0.3) is 0 Å². The highest BCUT2D eigenvalue weighted by atomic mass is 15.0. The first-order valence-electron chi connectivity index (χ1n) is 7.20. The van der Waals surface area contributed by atoms with Crippen LogP contribution in [0.15, 0.2) is 90.9 Å². The summed E-state index contributed by atoms with van der Waals surface area (Å²) in [6.45, 7) is 17.9. The summed E-state index contributed by atoms with van der Waals surface area (Å²) in [6, 6.07) is 3.93. The SMILES string of the molecule is C=CC(/C=C\C)=C(\C=C/C(=C)Nc1cc(C)ccn1)C(=C)C.